The lowest BCUT2D eigenvalue weighted by atomic mass is 9.81. The highest BCUT2D eigenvalue weighted by Gasteiger charge is 2.37. The van der Waals surface area contributed by atoms with Crippen molar-refractivity contribution in [2.24, 2.45) is 0 Å². The van der Waals surface area contributed by atoms with Gasteiger partial charge >= 0.3 is 0 Å². The van der Waals surface area contributed by atoms with Crippen LogP contribution in [-0.4, -0.2) is 56.7 Å². The number of pyridine rings is 1. The number of rotatable bonds is 3. The normalized spacial score (nSPS) is 22.6. The van der Waals surface area contributed by atoms with Crippen LogP contribution in [0, 0.1) is 0 Å². The molecule has 4 heterocycles. The second kappa shape index (κ2) is 7.19. The van der Waals surface area contributed by atoms with E-state index < -0.39 is 5.92 Å². The predicted molar refractivity (Wildman–Crippen MR) is 109 cm³/mol. The first-order chi connectivity index (χ1) is 14.4. The van der Waals surface area contributed by atoms with Gasteiger partial charge in [-0.25, -0.2) is 13.8 Å². The zero-order valence-corrected chi connectivity index (χ0v) is 16.8. The summed E-state index contributed by atoms with van der Waals surface area (Å²) in [5.74, 6) is -0.799. The molecule has 2 aliphatic rings. The minimum atomic E-state index is -2.59. The van der Waals surface area contributed by atoms with Gasteiger partial charge in [0, 0.05) is 25.5 Å². The summed E-state index contributed by atoms with van der Waals surface area (Å²) in [6.45, 7) is 4.05. The molecule has 30 heavy (non-hydrogen) atoms. The van der Waals surface area contributed by atoms with Gasteiger partial charge in [0.2, 0.25) is 5.92 Å². The maximum absolute atomic E-state index is 13.8. The number of alkyl halides is 2. The Bertz CT molecular complexity index is 1040. The largest absolute Gasteiger partial charge is 0.382 e. The van der Waals surface area contributed by atoms with Gasteiger partial charge < -0.3 is 15.4 Å². The van der Waals surface area contributed by atoms with Gasteiger partial charge in [0.25, 0.3) is 0 Å². The second-order valence-corrected chi connectivity index (χ2v) is 8.25. The van der Waals surface area contributed by atoms with Crippen molar-refractivity contribution in [2.75, 3.05) is 30.4 Å². The number of ether oxygens (including phenoxy) is 1. The van der Waals surface area contributed by atoms with E-state index >= 15 is 0 Å². The molecule has 1 saturated carbocycles. The summed E-state index contributed by atoms with van der Waals surface area (Å²) >= 11 is 0. The molecule has 10 heteroatoms. The van der Waals surface area contributed by atoms with E-state index in [1.54, 1.807) is 16.9 Å². The van der Waals surface area contributed by atoms with Gasteiger partial charge in [-0.3, -0.25) is 5.10 Å². The number of nitrogens with zero attached hydrogens (tertiary/aromatic N) is 5. The number of aromatic nitrogens is 5. The molecular weight excluding hydrogens is 392 g/mol. The van der Waals surface area contributed by atoms with Gasteiger partial charge in [-0.05, 0) is 37.3 Å². The first-order valence-corrected chi connectivity index (χ1v) is 10.3. The van der Waals surface area contributed by atoms with Gasteiger partial charge in [0.05, 0.1) is 30.8 Å². The van der Waals surface area contributed by atoms with E-state index in [4.69, 9.17) is 15.5 Å². The number of halogens is 2. The third-order valence-corrected chi connectivity index (χ3v) is 6.21. The molecule has 0 amide bonds. The van der Waals surface area contributed by atoms with Crippen LogP contribution in [0.25, 0.3) is 16.9 Å². The summed E-state index contributed by atoms with van der Waals surface area (Å²) in [6, 6.07) is 3.97. The van der Waals surface area contributed by atoms with Gasteiger partial charge in [-0.2, -0.15) is 9.78 Å². The quantitative estimate of drug-likeness (QED) is 0.679. The van der Waals surface area contributed by atoms with Crippen LogP contribution >= 0.6 is 0 Å². The molecule has 2 fully saturated rings. The summed E-state index contributed by atoms with van der Waals surface area (Å²) in [4.78, 5) is 7.10. The minimum absolute atomic E-state index is 0.00746. The van der Waals surface area contributed by atoms with E-state index in [2.05, 4.69) is 27.1 Å². The van der Waals surface area contributed by atoms with E-state index in [1.165, 1.54) is 0 Å². The maximum Gasteiger partial charge on any atom is 0.248 e. The number of anilines is 2. The van der Waals surface area contributed by atoms with Crippen molar-refractivity contribution < 1.29 is 13.5 Å². The Labute approximate surface area is 172 Å². The van der Waals surface area contributed by atoms with Crippen molar-refractivity contribution in [2.45, 2.75) is 50.5 Å². The van der Waals surface area contributed by atoms with Gasteiger partial charge in [0.15, 0.2) is 17.3 Å². The highest BCUT2D eigenvalue weighted by Crippen LogP contribution is 2.44. The van der Waals surface area contributed by atoms with E-state index in [1.807, 2.05) is 6.07 Å². The lowest BCUT2D eigenvalue weighted by Gasteiger charge is -2.35. The number of hydrogen-bond donors (Lipinski definition) is 2. The number of morpholine rings is 1. The standard InChI is InChI=1S/C20H25F2N7O/c1-12-11-30-9-8-28(12)16-10-14(13-2-5-20(21,22)6-3-13)17-18(23)27-29(19(17)25-16)15-4-7-24-26-15/h4,7,10,12-13H,2-3,5-6,8-9,11H2,1H3,(H2,23,27)(H,24,26)/t12-/m1/s1. The SMILES string of the molecule is C[C@@H]1COCCN1c1cc(C2CCC(F)(F)CC2)c2c(N)nn(-c3ccn[nH]3)c2n1. The van der Waals surface area contributed by atoms with Gasteiger partial charge in [-0.1, -0.05) is 0 Å². The van der Waals surface area contributed by atoms with Crippen LogP contribution < -0.4 is 10.6 Å². The van der Waals surface area contributed by atoms with Crippen LogP contribution in [-0.2, 0) is 4.74 Å². The Morgan fingerprint density at radius 2 is 2.10 bits per heavy atom. The van der Waals surface area contributed by atoms with Crippen molar-refractivity contribution in [1.29, 1.82) is 0 Å². The third-order valence-electron chi connectivity index (χ3n) is 6.21. The Morgan fingerprint density at radius 1 is 1.30 bits per heavy atom. The topological polar surface area (TPSA) is 97.9 Å². The summed E-state index contributed by atoms with van der Waals surface area (Å²) < 4.78 is 34.8. The lowest BCUT2D eigenvalue weighted by Crippen LogP contribution is -2.44. The minimum Gasteiger partial charge on any atom is -0.382 e. The fraction of sp³-hybridized carbons (Fsp3) is 0.550. The van der Waals surface area contributed by atoms with E-state index in [-0.39, 0.29) is 24.8 Å². The average molecular weight is 417 g/mol. The molecule has 1 aliphatic carbocycles. The highest BCUT2D eigenvalue weighted by molar-refractivity contribution is 5.92. The highest BCUT2D eigenvalue weighted by atomic mass is 19.3. The Kier molecular flexibility index (Phi) is 4.61. The molecule has 0 spiro atoms. The molecule has 3 N–H and O–H groups in total. The molecular formula is C20H25F2N7O. The molecule has 0 radical (unpaired) electrons. The molecule has 1 atom stereocenters. The number of H-pyrrole nitrogens is 1. The molecule has 1 aliphatic heterocycles. The average Bonchev–Trinajstić information content (AvgIpc) is 3.36. The second-order valence-electron chi connectivity index (χ2n) is 8.25. The number of aromatic amines is 1. The number of hydrogen-bond acceptors (Lipinski definition) is 6. The molecule has 5 rings (SSSR count). The first kappa shape index (κ1) is 19.2. The van der Waals surface area contributed by atoms with E-state index in [0.717, 1.165) is 23.3 Å². The summed E-state index contributed by atoms with van der Waals surface area (Å²) in [6.07, 6.45) is 2.24. The Morgan fingerprint density at radius 3 is 2.80 bits per heavy atom. The fourth-order valence-corrected chi connectivity index (χ4v) is 4.58. The zero-order valence-electron chi connectivity index (χ0n) is 16.8. The molecule has 0 unspecified atom stereocenters. The van der Waals surface area contributed by atoms with Gasteiger partial charge in [-0.15, -0.1) is 5.10 Å². The first-order valence-electron chi connectivity index (χ1n) is 10.3. The van der Waals surface area contributed by atoms with Crippen LogP contribution in [0.1, 0.15) is 44.1 Å². The molecule has 0 aromatic carbocycles. The summed E-state index contributed by atoms with van der Waals surface area (Å²) in [5, 5.41) is 12.1. The molecule has 8 nitrogen and oxygen atoms in total. The lowest BCUT2D eigenvalue weighted by molar-refractivity contribution is -0.0381. The van der Waals surface area contributed by atoms with E-state index in [0.29, 0.717) is 43.3 Å². The van der Waals surface area contributed by atoms with Gasteiger partial charge in [0.1, 0.15) is 5.82 Å². The molecule has 3 aromatic rings. The summed E-state index contributed by atoms with van der Waals surface area (Å²) in [5.41, 5.74) is 7.87. The van der Waals surface area contributed by atoms with Crippen molar-refractivity contribution in [1.82, 2.24) is 25.0 Å². The van der Waals surface area contributed by atoms with E-state index in [9.17, 15) is 8.78 Å². The zero-order chi connectivity index (χ0) is 20.9. The maximum atomic E-state index is 13.8. The molecule has 0 bridgehead atoms. The summed E-state index contributed by atoms with van der Waals surface area (Å²) in [7, 11) is 0. The van der Waals surface area contributed by atoms with Crippen LogP contribution in [0.4, 0.5) is 20.4 Å². The predicted octanol–water partition coefficient (Wildman–Crippen LogP) is 3.24. The number of fused-ring (bicyclic) bond motifs is 1. The van der Waals surface area contributed by atoms with Crippen molar-refractivity contribution >= 4 is 22.7 Å². The fourth-order valence-electron chi connectivity index (χ4n) is 4.58. The van der Waals surface area contributed by atoms with Crippen LogP contribution in [0.15, 0.2) is 18.3 Å². The van der Waals surface area contributed by atoms with Crippen LogP contribution in [0.2, 0.25) is 0 Å². The van der Waals surface area contributed by atoms with Crippen LogP contribution in [0.5, 0.6) is 0 Å². The molecule has 1 saturated heterocycles. The third kappa shape index (κ3) is 3.28. The van der Waals surface area contributed by atoms with Crippen LogP contribution in [0.3, 0.4) is 0 Å². The van der Waals surface area contributed by atoms with Crippen molar-refractivity contribution in [3.8, 4) is 5.82 Å². The number of nitrogens with two attached hydrogens (primary N) is 1. The Hall–Kier alpha value is -2.75. The Balaban J connectivity index is 1.67. The number of nitrogen functional groups attached to an aromatic ring is 1. The molecule has 3 aromatic heterocycles. The molecule has 160 valence electrons. The monoisotopic (exact) mass is 417 g/mol. The van der Waals surface area contributed by atoms with Crippen molar-refractivity contribution in [3.63, 3.8) is 0 Å². The number of nitrogens with one attached hydrogen (secondary N) is 1. The van der Waals surface area contributed by atoms with Crippen molar-refractivity contribution in [3.05, 3.63) is 23.9 Å². The smallest absolute Gasteiger partial charge is 0.248 e.